The molecule has 0 bridgehead atoms. The maximum Gasteiger partial charge on any atom is 0.246 e. The van der Waals surface area contributed by atoms with Crippen LogP contribution >= 0.6 is 11.8 Å². The van der Waals surface area contributed by atoms with Crippen LogP contribution in [0, 0.1) is 0 Å². The molecule has 0 radical (unpaired) electrons. The topological polar surface area (TPSA) is 61.4 Å². The summed E-state index contributed by atoms with van der Waals surface area (Å²) in [6, 6.07) is 5.78. The van der Waals surface area contributed by atoms with E-state index >= 15 is 0 Å². The van der Waals surface area contributed by atoms with E-state index in [1.54, 1.807) is 18.8 Å². The number of carbonyl (C=O) groups excluding carboxylic acids is 1. The van der Waals surface area contributed by atoms with Crippen LogP contribution in [0.1, 0.15) is 24.9 Å². The number of carbonyl (C=O) groups is 1. The molecule has 1 aromatic carbocycles. The lowest BCUT2D eigenvalue weighted by Gasteiger charge is -2.11. The predicted molar refractivity (Wildman–Crippen MR) is 73.9 cm³/mol. The summed E-state index contributed by atoms with van der Waals surface area (Å²) in [5, 5.41) is 15.1. The summed E-state index contributed by atoms with van der Waals surface area (Å²) in [6.45, 7) is 2.29. The second kappa shape index (κ2) is 5.73. The van der Waals surface area contributed by atoms with E-state index in [0.717, 1.165) is 22.6 Å². The Kier molecular flexibility index (Phi) is 4.27. The van der Waals surface area contributed by atoms with E-state index in [-0.39, 0.29) is 18.6 Å². The van der Waals surface area contributed by atoms with Gasteiger partial charge in [0.15, 0.2) is 0 Å². The van der Waals surface area contributed by atoms with E-state index in [2.05, 4.69) is 17.6 Å². The summed E-state index contributed by atoms with van der Waals surface area (Å²) >= 11 is 1.71. The van der Waals surface area contributed by atoms with Gasteiger partial charge in [0.25, 0.3) is 0 Å². The molecule has 2 rings (SSSR count). The van der Waals surface area contributed by atoms with Gasteiger partial charge in [0, 0.05) is 28.0 Å². The normalized spacial score (nSPS) is 19.5. The molecule has 0 saturated heterocycles. The number of amides is 1. The molecule has 1 amide bonds. The zero-order valence-electron chi connectivity index (χ0n) is 10.6. The quantitative estimate of drug-likeness (QED) is 0.711. The number of rotatable bonds is 5. The van der Waals surface area contributed by atoms with Gasteiger partial charge in [0.2, 0.25) is 5.91 Å². The van der Waals surface area contributed by atoms with Crippen LogP contribution in [0.2, 0.25) is 0 Å². The molecule has 3 N–H and O–H groups in total. The van der Waals surface area contributed by atoms with Gasteiger partial charge in [-0.3, -0.25) is 4.79 Å². The molecule has 0 saturated carbocycles. The van der Waals surface area contributed by atoms with Crippen molar-refractivity contribution in [3.05, 3.63) is 23.8 Å². The second-order valence-corrected chi connectivity index (χ2v) is 5.91. The van der Waals surface area contributed by atoms with Crippen molar-refractivity contribution in [2.75, 3.05) is 19.0 Å². The van der Waals surface area contributed by atoms with E-state index in [9.17, 15) is 4.79 Å². The number of likely N-dealkylation sites (N-methyl/N-ethyl adjacent to an activating group) is 1. The number of anilines is 1. The Morgan fingerprint density at radius 1 is 1.56 bits per heavy atom. The lowest BCUT2D eigenvalue weighted by Crippen LogP contribution is -2.23. The molecule has 4 nitrogen and oxygen atoms in total. The van der Waals surface area contributed by atoms with E-state index < -0.39 is 0 Å². The molecule has 2 atom stereocenters. The molecule has 18 heavy (non-hydrogen) atoms. The van der Waals surface area contributed by atoms with Crippen molar-refractivity contribution >= 4 is 23.4 Å². The number of fused-ring (bicyclic) bond motifs is 1. The molecular weight excluding hydrogens is 248 g/mol. The van der Waals surface area contributed by atoms with Gasteiger partial charge in [-0.05, 0) is 25.6 Å². The third-order valence-corrected chi connectivity index (χ3v) is 4.18. The summed E-state index contributed by atoms with van der Waals surface area (Å²) in [5.74, 6) is -0.00180. The van der Waals surface area contributed by atoms with Crippen LogP contribution in [-0.2, 0) is 4.79 Å². The monoisotopic (exact) mass is 266 g/mol. The average Bonchev–Trinajstić information content (AvgIpc) is 2.63. The second-order valence-electron chi connectivity index (χ2n) is 4.40. The smallest absolute Gasteiger partial charge is 0.246 e. The third kappa shape index (κ3) is 2.68. The van der Waals surface area contributed by atoms with Crippen LogP contribution in [0.25, 0.3) is 0 Å². The van der Waals surface area contributed by atoms with Crippen LogP contribution in [0.3, 0.4) is 0 Å². The highest BCUT2D eigenvalue weighted by Gasteiger charge is 2.29. The molecular formula is C13H18N2O2S. The predicted octanol–water partition coefficient (Wildman–Crippen LogP) is 1.76. The van der Waals surface area contributed by atoms with Gasteiger partial charge in [-0.25, -0.2) is 0 Å². The molecule has 2 unspecified atom stereocenters. The fraction of sp³-hybridized carbons (Fsp3) is 0.462. The molecule has 0 aromatic heterocycles. The van der Waals surface area contributed by atoms with Crippen molar-refractivity contribution in [2.24, 2.45) is 0 Å². The van der Waals surface area contributed by atoms with Gasteiger partial charge < -0.3 is 15.7 Å². The maximum atomic E-state index is 11.7. The lowest BCUT2D eigenvalue weighted by atomic mass is 10.1. The Balaban J connectivity index is 2.14. The van der Waals surface area contributed by atoms with Gasteiger partial charge in [0.05, 0.1) is 0 Å². The minimum absolute atomic E-state index is 0.00180. The zero-order valence-corrected chi connectivity index (χ0v) is 11.4. The molecule has 0 fully saturated rings. The number of benzene rings is 1. The molecule has 1 aliphatic rings. The minimum atomic E-state index is -0.242. The van der Waals surface area contributed by atoms with Crippen molar-refractivity contribution in [3.63, 3.8) is 0 Å². The summed E-state index contributed by atoms with van der Waals surface area (Å²) < 4.78 is 0. The fourth-order valence-corrected chi connectivity index (χ4v) is 3.09. The zero-order chi connectivity index (χ0) is 13.1. The molecule has 1 aromatic rings. The first-order valence-electron chi connectivity index (χ1n) is 6.05. The molecule has 1 heterocycles. The van der Waals surface area contributed by atoms with Crippen molar-refractivity contribution in [1.29, 1.82) is 0 Å². The lowest BCUT2D eigenvalue weighted by molar-refractivity contribution is -0.117. The molecule has 98 valence electrons. The first kappa shape index (κ1) is 13.4. The SMILES string of the molecule is CNC1C(=O)Nc2cc(SC(C)CCO)ccc21. The Morgan fingerprint density at radius 3 is 3.00 bits per heavy atom. The standard InChI is InChI=1S/C13H18N2O2S/c1-8(5-6-16)18-9-3-4-10-11(7-9)15-13(17)12(10)14-2/h3-4,7-8,12,14,16H,5-6H2,1-2H3,(H,15,17). The van der Waals surface area contributed by atoms with E-state index in [1.165, 1.54) is 0 Å². The van der Waals surface area contributed by atoms with Crippen molar-refractivity contribution in [3.8, 4) is 0 Å². The molecule has 0 aliphatic carbocycles. The third-order valence-electron chi connectivity index (χ3n) is 3.02. The number of hydrogen-bond donors (Lipinski definition) is 3. The minimum Gasteiger partial charge on any atom is -0.396 e. The average molecular weight is 266 g/mol. The number of hydrogen-bond acceptors (Lipinski definition) is 4. The van der Waals surface area contributed by atoms with E-state index in [4.69, 9.17) is 5.11 Å². The van der Waals surface area contributed by atoms with Crippen LogP contribution in [0.15, 0.2) is 23.1 Å². The summed E-state index contributed by atoms with van der Waals surface area (Å²) in [6.07, 6.45) is 0.771. The Hall–Kier alpha value is -1.04. The van der Waals surface area contributed by atoms with Crippen LogP contribution in [0.4, 0.5) is 5.69 Å². The van der Waals surface area contributed by atoms with Crippen molar-refractivity contribution in [1.82, 2.24) is 5.32 Å². The van der Waals surface area contributed by atoms with Gasteiger partial charge in [-0.15, -0.1) is 11.8 Å². The Labute approximate surface area is 111 Å². The van der Waals surface area contributed by atoms with Gasteiger partial charge in [0.1, 0.15) is 6.04 Å². The Morgan fingerprint density at radius 2 is 2.33 bits per heavy atom. The van der Waals surface area contributed by atoms with Crippen LogP contribution < -0.4 is 10.6 Å². The Bertz CT molecular complexity index is 451. The highest BCUT2D eigenvalue weighted by Crippen LogP contribution is 2.35. The highest BCUT2D eigenvalue weighted by atomic mass is 32.2. The highest BCUT2D eigenvalue weighted by molar-refractivity contribution is 7.99. The number of aliphatic hydroxyl groups is 1. The summed E-state index contributed by atoms with van der Waals surface area (Å²) in [7, 11) is 1.78. The van der Waals surface area contributed by atoms with E-state index in [1.807, 2.05) is 18.2 Å². The molecule has 1 aliphatic heterocycles. The fourth-order valence-electron chi connectivity index (χ4n) is 2.07. The summed E-state index contributed by atoms with van der Waals surface area (Å²) in [5.41, 5.74) is 1.89. The number of thioether (sulfide) groups is 1. The largest absolute Gasteiger partial charge is 0.396 e. The van der Waals surface area contributed by atoms with Crippen LogP contribution in [-0.4, -0.2) is 29.9 Å². The van der Waals surface area contributed by atoms with Crippen molar-refractivity contribution < 1.29 is 9.90 Å². The van der Waals surface area contributed by atoms with Gasteiger partial charge in [-0.1, -0.05) is 13.0 Å². The number of aliphatic hydroxyl groups excluding tert-OH is 1. The first-order chi connectivity index (χ1) is 8.65. The molecule has 0 spiro atoms. The van der Waals surface area contributed by atoms with Gasteiger partial charge in [-0.2, -0.15) is 0 Å². The van der Waals surface area contributed by atoms with Gasteiger partial charge >= 0.3 is 0 Å². The molecule has 5 heteroatoms. The van der Waals surface area contributed by atoms with Crippen LogP contribution in [0.5, 0.6) is 0 Å². The first-order valence-corrected chi connectivity index (χ1v) is 6.93. The summed E-state index contributed by atoms with van der Waals surface area (Å²) in [4.78, 5) is 12.8. The number of nitrogens with one attached hydrogen (secondary N) is 2. The maximum absolute atomic E-state index is 11.7. The van der Waals surface area contributed by atoms with E-state index in [0.29, 0.717) is 5.25 Å². The van der Waals surface area contributed by atoms with Crippen molar-refractivity contribution in [2.45, 2.75) is 29.5 Å².